The molecule has 0 aromatic carbocycles. The number of hydrogen-bond donors (Lipinski definition) is 0. The molecule has 0 radical (unpaired) electrons. The van der Waals surface area contributed by atoms with E-state index in [2.05, 4.69) is 9.97 Å². The monoisotopic (exact) mass is 344 g/mol. The highest BCUT2D eigenvalue weighted by atomic mass is 32.1. The molecule has 0 saturated carbocycles. The van der Waals surface area contributed by atoms with Crippen LogP contribution in [0.15, 0.2) is 29.9 Å². The highest BCUT2D eigenvalue weighted by Crippen LogP contribution is 2.24. The number of hydrogen-bond acceptors (Lipinski definition) is 5. The van der Waals surface area contributed by atoms with Gasteiger partial charge < -0.3 is 9.80 Å². The fraction of sp³-hybridized carbons (Fsp3) is 0.500. The number of piperidine rings is 1. The second-order valence-electron chi connectivity index (χ2n) is 6.53. The van der Waals surface area contributed by atoms with Gasteiger partial charge in [0.1, 0.15) is 5.82 Å². The maximum absolute atomic E-state index is 12.5. The summed E-state index contributed by atoms with van der Waals surface area (Å²) in [6, 6.07) is 4.04. The molecule has 1 atom stereocenters. The molecule has 3 rings (SSSR count). The Morgan fingerprint density at radius 3 is 2.96 bits per heavy atom. The van der Waals surface area contributed by atoms with Crippen molar-refractivity contribution >= 4 is 23.1 Å². The van der Waals surface area contributed by atoms with Gasteiger partial charge in [0.15, 0.2) is 0 Å². The number of likely N-dealkylation sites (tertiary alicyclic amines) is 1. The van der Waals surface area contributed by atoms with Crippen molar-refractivity contribution in [3.63, 3.8) is 0 Å². The average molecular weight is 344 g/mol. The summed E-state index contributed by atoms with van der Waals surface area (Å²) in [5.41, 5.74) is 1.03. The lowest BCUT2D eigenvalue weighted by Crippen LogP contribution is -2.41. The maximum Gasteiger partial charge on any atom is 0.227 e. The van der Waals surface area contributed by atoms with E-state index >= 15 is 0 Å². The number of rotatable bonds is 5. The van der Waals surface area contributed by atoms with Gasteiger partial charge in [-0.2, -0.15) is 0 Å². The van der Waals surface area contributed by atoms with Crippen LogP contribution in [0, 0.1) is 5.92 Å². The van der Waals surface area contributed by atoms with Crippen LogP contribution in [0.3, 0.4) is 0 Å². The summed E-state index contributed by atoms with van der Waals surface area (Å²) in [4.78, 5) is 26.7. The van der Waals surface area contributed by atoms with E-state index in [1.807, 2.05) is 41.4 Å². The molecule has 128 valence electrons. The number of thiophene rings is 1. The number of anilines is 1. The van der Waals surface area contributed by atoms with Gasteiger partial charge in [0.05, 0.1) is 12.1 Å². The highest BCUT2D eigenvalue weighted by Gasteiger charge is 2.25. The van der Waals surface area contributed by atoms with E-state index in [0.29, 0.717) is 12.3 Å². The van der Waals surface area contributed by atoms with Crippen molar-refractivity contribution in [1.82, 2.24) is 14.9 Å². The van der Waals surface area contributed by atoms with Gasteiger partial charge >= 0.3 is 0 Å². The summed E-state index contributed by atoms with van der Waals surface area (Å²) >= 11 is 1.65. The van der Waals surface area contributed by atoms with Crippen molar-refractivity contribution in [3.8, 4) is 0 Å². The largest absolute Gasteiger partial charge is 0.361 e. The van der Waals surface area contributed by atoms with Gasteiger partial charge in [-0.15, -0.1) is 11.3 Å². The molecule has 1 aliphatic rings. The Labute approximate surface area is 147 Å². The Morgan fingerprint density at radius 2 is 2.21 bits per heavy atom. The van der Waals surface area contributed by atoms with E-state index in [9.17, 15) is 4.79 Å². The van der Waals surface area contributed by atoms with Crippen LogP contribution in [0.5, 0.6) is 0 Å². The lowest BCUT2D eigenvalue weighted by atomic mass is 9.93. The molecule has 0 aliphatic carbocycles. The standard InChI is InChI=1S/C18H24N4OS/c1-21(2)18-16(19-7-8-20-18)11-14-5-3-9-22(13-14)17(23)12-15-6-4-10-24-15/h4,6-8,10,14H,3,5,9,11-13H2,1-2H3/t14-/m0/s1. The molecule has 0 bridgehead atoms. The van der Waals surface area contributed by atoms with Gasteiger partial charge in [-0.05, 0) is 36.6 Å². The lowest BCUT2D eigenvalue weighted by Gasteiger charge is -2.33. The van der Waals surface area contributed by atoms with Crippen molar-refractivity contribution in [2.75, 3.05) is 32.1 Å². The van der Waals surface area contributed by atoms with E-state index < -0.39 is 0 Å². The number of carbonyl (C=O) groups excluding carboxylic acids is 1. The molecule has 6 heteroatoms. The normalized spacial score (nSPS) is 17.8. The van der Waals surface area contributed by atoms with Gasteiger partial charge in [-0.3, -0.25) is 9.78 Å². The van der Waals surface area contributed by atoms with E-state index in [4.69, 9.17) is 0 Å². The fourth-order valence-corrected chi connectivity index (χ4v) is 3.98. The van der Waals surface area contributed by atoms with E-state index in [-0.39, 0.29) is 5.91 Å². The first-order chi connectivity index (χ1) is 11.6. The zero-order valence-corrected chi connectivity index (χ0v) is 15.1. The summed E-state index contributed by atoms with van der Waals surface area (Å²) in [5.74, 6) is 1.63. The molecule has 0 N–H and O–H groups in total. The second-order valence-corrected chi connectivity index (χ2v) is 7.56. The summed E-state index contributed by atoms with van der Waals surface area (Å²) in [7, 11) is 3.98. The van der Waals surface area contributed by atoms with Gasteiger partial charge in [-0.25, -0.2) is 4.98 Å². The molecular weight excluding hydrogens is 320 g/mol. The number of nitrogens with zero attached hydrogens (tertiary/aromatic N) is 4. The van der Waals surface area contributed by atoms with Gasteiger partial charge in [0.2, 0.25) is 5.91 Å². The first kappa shape index (κ1) is 16.9. The first-order valence-corrected chi connectivity index (χ1v) is 9.29. The lowest BCUT2D eigenvalue weighted by molar-refractivity contribution is -0.132. The molecular formula is C18H24N4OS. The summed E-state index contributed by atoms with van der Waals surface area (Å²) < 4.78 is 0. The van der Waals surface area contributed by atoms with E-state index in [0.717, 1.165) is 48.7 Å². The Kier molecular flexibility index (Phi) is 5.45. The summed E-state index contributed by atoms with van der Waals surface area (Å²) in [6.07, 6.45) is 7.11. The Bertz CT molecular complexity index is 671. The molecule has 1 saturated heterocycles. The van der Waals surface area contributed by atoms with Crippen LogP contribution in [0.1, 0.15) is 23.4 Å². The Morgan fingerprint density at radius 1 is 1.38 bits per heavy atom. The van der Waals surface area contributed by atoms with Crippen LogP contribution >= 0.6 is 11.3 Å². The van der Waals surface area contributed by atoms with E-state index in [1.165, 1.54) is 0 Å². The van der Waals surface area contributed by atoms with Crippen LogP contribution in [0.2, 0.25) is 0 Å². The highest BCUT2D eigenvalue weighted by molar-refractivity contribution is 7.10. The minimum Gasteiger partial charge on any atom is -0.361 e. The zero-order valence-electron chi connectivity index (χ0n) is 14.3. The van der Waals surface area contributed by atoms with Gasteiger partial charge in [0, 0.05) is 44.5 Å². The maximum atomic E-state index is 12.5. The molecule has 2 aromatic heterocycles. The van der Waals surface area contributed by atoms with Crippen molar-refractivity contribution in [1.29, 1.82) is 0 Å². The third-order valence-electron chi connectivity index (χ3n) is 4.43. The Hall–Kier alpha value is -1.95. The number of carbonyl (C=O) groups is 1. The molecule has 0 unspecified atom stereocenters. The van der Waals surface area contributed by atoms with E-state index in [1.54, 1.807) is 23.7 Å². The first-order valence-electron chi connectivity index (χ1n) is 8.41. The number of aromatic nitrogens is 2. The van der Waals surface area contributed by atoms with Gasteiger partial charge in [-0.1, -0.05) is 6.07 Å². The quantitative estimate of drug-likeness (QED) is 0.837. The molecule has 1 fully saturated rings. The Balaban J connectivity index is 1.62. The number of amides is 1. The minimum atomic E-state index is 0.245. The fourth-order valence-electron chi connectivity index (χ4n) is 3.28. The summed E-state index contributed by atoms with van der Waals surface area (Å²) in [6.45, 7) is 1.70. The zero-order chi connectivity index (χ0) is 16.9. The van der Waals surface area contributed by atoms with Crippen molar-refractivity contribution < 1.29 is 4.79 Å². The van der Waals surface area contributed by atoms with Crippen LogP contribution < -0.4 is 4.90 Å². The van der Waals surface area contributed by atoms with Crippen LogP contribution in [-0.2, 0) is 17.6 Å². The predicted molar refractivity (Wildman–Crippen MR) is 97.4 cm³/mol. The molecule has 1 aliphatic heterocycles. The molecule has 1 amide bonds. The van der Waals surface area contributed by atoms with Gasteiger partial charge in [0.25, 0.3) is 0 Å². The van der Waals surface area contributed by atoms with Crippen molar-refractivity contribution in [2.24, 2.45) is 5.92 Å². The topological polar surface area (TPSA) is 49.3 Å². The third kappa shape index (κ3) is 4.12. The van der Waals surface area contributed by atoms with Crippen molar-refractivity contribution in [3.05, 3.63) is 40.5 Å². The molecule has 0 spiro atoms. The van der Waals surface area contributed by atoms with Crippen LogP contribution in [-0.4, -0.2) is 48.0 Å². The SMILES string of the molecule is CN(C)c1nccnc1C[C@@H]1CCCN(C(=O)Cc2cccs2)C1. The molecule has 24 heavy (non-hydrogen) atoms. The summed E-state index contributed by atoms with van der Waals surface area (Å²) in [5, 5.41) is 2.03. The molecule has 2 aromatic rings. The second kappa shape index (κ2) is 7.75. The molecule has 3 heterocycles. The van der Waals surface area contributed by atoms with Crippen LogP contribution in [0.4, 0.5) is 5.82 Å². The van der Waals surface area contributed by atoms with Crippen molar-refractivity contribution in [2.45, 2.75) is 25.7 Å². The minimum absolute atomic E-state index is 0.245. The average Bonchev–Trinajstić information content (AvgIpc) is 3.08. The predicted octanol–water partition coefficient (Wildman–Crippen LogP) is 2.63. The molecule has 5 nitrogen and oxygen atoms in total. The third-order valence-corrected chi connectivity index (χ3v) is 5.31. The van der Waals surface area contributed by atoms with Crippen LogP contribution in [0.25, 0.3) is 0 Å². The smallest absolute Gasteiger partial charge is 0.227 e.